The lowest BCUT2D eigenvalue weighted by molar-refractivity contribution is -0.124. The second-order valence-electron chi connectivity index (χ2n) is 7.73. The minimum absolute atomic E-state index is 0.0718. The number of carbonyl (C=O) groups excluding carboxylic acids is 1. The monoisotopic (exact) mass is 383 g/mol. The number of anilines is 1. The molecule has 29 heavy (non-hydrogen) atoms. The highest BCUT2D eigenvalue weighted by Gasteiger charge is 2.61. The zero-order valence-corrected chi connectivity index (χ0v) is 15.8. The Hall–Kier alpha value is -3.78. The Morgan fingerprint density at radius 2 is 2.07 bits per heavy atom. The Kier molecular flexibility index (Phi) is 3.65. The van der Waals surface area contributed by atoms with E-state index in [9.17, 15) is 10.1 Å². The van der Waals surface area contributed by atoms with Gasteiger partial charge in [-0.05, 0) is 37.0 Å². The van der Waals surface area contributed by atoms with Crippen molar-refractivity contribution in [2.24, 2.45) is 17.3 Å². The van der Waals surface area contributed by atoms with Crippen molar-refractivity contribution in [1.29, 1.82) is 10.5 Å². The molecule has 0 spiro atoms. The van der Waals surface area contributed by atoms with Crippen LogP contribution in [0.15, 0.2) is 36.8 Å². The fourth-order valence-electron chi connectivity index (χ4n) is 4.34. The number of hydrogen-bond acceptors (Lipinski definition) is 6. The molecule has 2 fully saturated rings. The first-order valence-corrected chi connectivity index (χ1v) is 9.52. The van der Waals surface area contributed by atoms with Gasteiger partial charge in [-0.25, -0.2) is 14.5 Å². The zero-order valence-electron chi connectivity index (χ0n) is 15.8. The van der Waals surface area contributed by atoms with Crippen molar-refractivity contribution in [3.05, 3.63) is 42.5 Å². The third-order valence-corrected chi connectivity index (χ3v) is 6.04. The molecule has 1 amide bonds. The summed E-state index contributed by atoms with van der Waals surface area (Å²) in [6.45, 7) is 2.42. The molecule has 8 nitrogen and oxygen atoms in total. The Morgan fingerprint density at radius 3 is 2.72 bits per heavy atom. The van der Waals surface area contributed by atoms with Gasteiger partial charge in [0, 0.05) is 24.2 Å². The average molecular weight is 383 g/mol. The smallest absolute Gasteiger partial charge is 0.249 e. The van der Waals surface area contributed by atoms with Gasteiger partial charge in [-0.1, -0.05) is 6.92 Å². The van der Waals surface area contributed by atoms with Crippen molar-refractivity contribution in [3.8, 4) is 23.4 Å². The van der Waals surface area contributed by atoms with Crippen molar-refractivity contribution in [1.82, 2.24) is 19.6 Å². The molecule has 8 heteroatoms. The molecule has 1 saturated heterocycles. The van der Waals surface area contributed by atoms with Crippen LogP contribution in [0.2, 0.25) is 0 Å². The van der Waals surface area contributed by atoms with Crippen LogP contribution < -0.4 is 4.90 Å². The highest BCUT2D eigenvalue weighted by Crippen LogP contribution is 2.54. The first kappa shape index (κ1) is 17.3. The van der Waals surface area contributed by atoms with Gasteiger partial charge in [0.25, 0.3) is 0 Å². The predicted molar refractivity (Wildman–Crippen MR) is 103 cm³/mol. The molecule has 0 aromatic carbocycles. The number of fused-ring (bicyclic) bond motifs is 1. The summed E-state index contributed by atoms with van der Waals surface area (Å²) in [5.74, 6) is 0.393. The third kappa shape index (κ3) is 2.43. The maximum Gasteiger partial charge on any atom is 0.249 e. The minimum atomic E-state index is -0.968. The molecule has 0 bridgehead atoms. The van der Waals surface area contributed by atoms with Crippen molar-refractivity contribution in [2.45, 2.75) is 19.8 Å². The van der Waals surface area contributed by atoms with E-state index < -0.39 is 5.41 Å². The maximum atomic E-state index is 13.4. The number of nitriles is 2. The highest BCUT2D eigenvalue weighted by molar-refractivity contribution is 6.04. The van der Waals surface area contributed by atoms with Gasteiger partial charge in [0.15, 0.2) is 5.82 Å². The van der Waals surface area contributed by atoms with Crippen molar-refractivity contribution in [2.75, 3.05) is 11.4 Å². The van der Waals surface area contributed by atoms with E-state index in [0.29, 0.717) is 29.3 Å². The van der Waals surface area contributed by atoms with E-state index in [1.54, 1.807) is 40.1 Å². The lowest BCUT2D eigenvalue weighted by Gasteiger charge is -2.23. The molecule has 0 N–H and O–H groups in total. The van der Waals surface area contributed by atoms with Crippen LogP contribution in [0.5, 0.6) is 0 Å². The third-order valence-electron chi connectivity index (χ3n) is 6.04. The van der Waals surface area contributed by atoms with Gasteiger partial charge in [-0.2, -0.15) is 15.6 Å². The Morgan fingerprint density at radius 1 is 1.24 bits per heavy atom. The number of aromatic nitrogens is 4. The fourth-order valence-corrected chi connectivity index (χ4v) is 4.34. The van der Waals surface area contributed by atoms with Crippen LogP contribution in [0.25, 0.3) is 16.8 Å². The molecule has 4 heterocycles. The number of hydrogen-bond donors (Lipinski definition) is 0. The number of rotatable bonds is 3. The number of pyridine rings is 1. The summed E-state index contributed by atoms with van der Waals surface area (Å²) in [5.41, 5.74) is 1.37. The minimum Gasteiger partial charge on any atom is -0.293 e. The van der Waals surface area contributed by atoms with Crippen molar-refractivity contribution < 1.29 is 4.79 Å². The summed E-state index contributed by atoms with van der Waals surface area (Å²) >= 11 is 0. The van der Waals surface area contributed by atoms with E-state index in [-0.39, 0.29) is 17.7 Å². The van der Waals surface area contributed by atoms with Crippen LogP contribution in [0, 0.1) is 39.9 Å². The molecule has 0 radical (unpaired) electrons. The maximum absolute atomic E-state index is 13.4. The lowest BCUT2D eigenvalue weighted by Crippen LogP contribution is -2.37. The molecule has 3 aromatic rings. The zero-order chi connectivity index (χ0) is 20.2. The fraction of sp³-hybridized carbons (Fsp3) is 0.333. The summed E-state index contributed by atoms with van der Waals surface area (Å²) in [4.78, 5) is 23.9. The van der Waals surface area contributed by atoms with Crippen LogP contribution in [0.3, 0.4) is 0 Å². The lowest BCUT2D eigenvalue weighted by atomic mass is 9.75. The number of amides is 1. The van der Waals surface area contributed by atoms with Gasteiger partial charge in [0.05, 0.1) is 24.2 Å². The van der Waals surface area contributed by atoms with Gasteiger partial charge < -0.3 is 0 Å². The molecule has 2 atom stereocenters. The summed E-state index contributed by atoms with van der Waals surface area (Å²) in [6.07, 6.45) is 6.85. The normalized spacial score (nSPS) is 23.9. The molecule has 1 saturated carbocycles. The van der Waals surface area contributed by atoms with Gasteiger partial charge in [0.1, 0.15) is 22.7 Å². The van der Waals surface area contributed by atoms with Crippen LogP contribution in [0.1, 0.15) is 25.5 Å². The highest BCUT2D eigenvalue weighted by atomic mass is 16.2. The van der Waals surface area contributed by atoms with Crippen LogP contribution in [0.4, 0.5) is 5.82 Å². The Bertz CT molecular complexity index is 1210. The van der Waals surface area contributed by atoms with Gasteiger partial charge >= 0.3 is 0 Å². The summed E-state index contributed by atoms with van der Waals surface area (Å²) < 4.78 is 1.68. The van der Waals surface area contributed by atoms with Gasteiger partial charge in [0.2, 0.25) is 5.91 Å². The summed E-state index contributed by atoms with van der Waals surface area (Å²) in [7, 11) is 0. The molecule has 5 rings (SSSR count). The van der Waals surface area contributed by atoms with Crippen LogP contribution in [-0.2, 0) is 4.79 Å². The molecule has 0 unspecified atom stereocenters. The SMILES string of the molecule is C[C@@H]1CN(c2nc(-c3ccc(C#N)nc3)cn3nccc23)C(=O)[C@]1(C#N)C1CC1. The second-order valence-corrected chi connectivity index (χ2v) is 7.73. The van der Waals surface area contributed by atoms with E-state index >= 15 is 0 Å². The molecule has 1 aliphatic heterocycles. The largest absolute Gasteiger partial charge is 0.293 e. The number of nitrogens with zero attached hydrogens (tertiary/aromatic N) is 7. The van der Waals surface area contributed by atoms with Crippen LogP contribution in [-0.4, -0.2) is 32.0 Å². The average Bonchev–Trinajstić information content (AvgIpc) is 3.42. The van der Waals surface area contributed by atoms with Gasteiger partial charge in [-0.3, -0.25) is 9.69 Å². The van der Waals surface area contributed by atoms with E-state index in [1.807, 2.05) is 19.1 Å². The molecule has 1 aliphatic carbocycles. The topological polar surface area (TPSA) is 111 Å². The first-order valence-electron chi connectivity index (χ1n) is 9.52. The summed E-state index contributed by atoms with van der Waals surface area (Å²) in [5, 5.41) is 23.2. The predicted octanol–water partition coefficient (Wildman–Crippen LogP) is 2.57. The Labute approximate surface area is 167 Å². The molecular formula is C21H17N7O. The van der Waals surface area contributed by atoms with Crippen LogP contribution >= 0.6 is 0 Å². The van der Waals surface area contributed by atoms with E-state index in [4.69, 9.17) is 10.2 Å². The second kappa shape index (κ2) is 6.11. The van der Waals surface area contributed by atoms with Crippen molar-refractivity contribution in [3.63, 3.8) is 0 Å². The molecule has 2 aliphatic rings. The molecule has 3 aromatic heterocycles. The standard InChI is InChI=1S/C21H17N7O/c1-13-10-27(20(29)21(13,12-23)15-3-4-15)19-18-6-7-25-28(18)11-17(26-19)14-2-5-16(8-22)24-9-14/h2,5-7,9,11,13,15H,3-4,10H2,1H3/t13-,21+/m1/s1. The quantitative estimate of drug-likeness (QED) is 0.687. The van der Waals surface area contributed by atoms with Gasteiger partial charge in [-0.15, -0.1) is 0 Å². The molecular weight excluding hydrogens is 366 g/mol. The van der Waals surface area contributed by atoms with E-state index in [0.717, 1.165) is 18.4 Å². The Balaban J connectivity index is 1.63. The first-order chi connectivity index (χ1) is 14.1. The number of carbonyl (C=O) groups is 1. The molecule has 142 valence electrons. The van der Waals surface area contributed by atoms with E-state index in [1.165, 1.54) is 0 Å². The van der Waals surface area contributed by atoms with Crippen molar-refractivity contribution >= 4 is 17.2 Å². The summed E-state index contributed by atoms with van der Waals surface area (Å²) in [6, 6.07) is 9.56. The van der Waals surface area contributed by atoms with E-state index in [2.05, 4.69) is 16.2 Å².